The van der Waals surface area contributed by atoms with Gasteiger partial charge in [-0.2, -0.15) is 10.2 Å². The predicted octanol–water partition coefficient (Wildman–Crippen LogP) is 1.24. The van der Waals surface area contributed by atoms with Gasteiger partial charge in [-0.1, -0.05) is 0 Å². The summed E-state index contributed by atoms with van der Waals surface area (Å²) in [6, 6.07) is 2.25. The Kier molecular flexibility index (Phi) is 4.59. The number of amides is 1. The van der Waals surface area contributed by atoms with Crippen LogP contribution in [0.2, 0.25) is 0 Å². The van der Waals surface area contributed by atoms with Crippen molar-refractivity contribution >= 4 is 11.9 Å². The Morgan fingerprint density at radius 1 is 1.27 bits per heavy atom. The molecule has 2 N–H and O–H groups in total. The van der Waals surface area contributed by atoms with Gasteiger partial charge in [0.15, 0.2) is 0 Å². The van der Waals surface area contributed by atoms with E-state index >= 15 is 0 Å². The van der Waals surface area contributed by atoms with E-state index in [2.05, 4.69) is 15.5 Å². The fraction of sp³-hybridized carbons (Fsp3) is 0.429. The molecule has 2 rings (SSSR count). The minimum Gasteiger partial charge on any atom is -0.477 e. The maximum absolute atomic E-state index is 12.3. The van der Waals surface area contributed by atoms with Crippen LogP contribution in [0.4, 0.5) is 0 Å². The standard InChI is InChI=1S/C14H19N5O3/c1-4-18-11(5-7-15-18)9(2)17-13(20)10(3)19-12(14(21)22)6-8-16-19/h5-10H,4H2,1-3H3,(H,17,20)(H,21,22). The second-order valence-electron chi connectivity index (χ2n) is 4.94. The molecule has 0 saturated carbocycles. The Labute approximate surface area is 127 Å². The maximum atomic E-state index is 12.3. The van der Waals surface area contributed by atoms with E-state index in [1.807, 2.05) is 19.9 Å². The number of nitrogens with one attached hydrogen (secondary N) is 1. The molecule has 2 atom stereocenters. The number of carboxylic acid groups (broad SMARTS) is 1. The maximum Gasteiger partial charge on any atom is 0.354 e. The molecule has 0 radical (unpaired) electrons. The van der Waals surface area contributed by atoms with Crippen molar-refractivity contribution in [3.63, 3.8) is 0 Å². The van der Waals surface area contributed by atoms with Crippen LogP contribution in [-0.2, 0) is 11.3 Å². The summed E-state index contributed by atoms with van der Waals surface area (Å²) in [4.78, 5) is 23.4. The summed E-state index contributed by atoms with van der Waals surface area (Å²) < 4.78 is 2.99. The number of carbonyl (C=O) groups excluding carboxylic acids is 1. The molecule has 1 amide bonds. The summed E-state index contributed by atoms with van der Waals surface area (Å²) in [6.45, 7) is 6.14. The van der Waals surface area contributed by atoms with E-state index in [1.165, 1.54) is 16.9 Å². The molecular weight excluding hydrogens is 286 g/mol. The summed E-state index contributed by atoms with van der Waals surface area (Å²) in [7, 11) is 0. The molecule has 0 bridgehead atoms. The van der Waals surface area contributed by atoms with Gasteiger partial charge in [0.2, 0.25) is 5.91 Å². The van der Waals surface area contributed by atoms with E-state index in [0.717, 1.165) is 5.69 Å². The summed E-state index contributed by atoms with van der Waals surface area (Å²) in [5, 5.41) is 20.0. The molecule has 0 aliphatic carbocycles. The van der Waals surface area contributed by atoms with Crippen molar-refractivity contribution in [3.8, 4) is 0 Å². The zero-order chi connectivity index (χ0) is 16.3. The number of rotatable bonds is 6. The van der Waals surface area contributed by atoms with Gasteiger partial charge in [-0.15, -0.1) is 0 Å². The first-order chi connectivity index (χ1) is 10.5. The largest absolute Gasteiger partial charge is 0.477 e. The molecule has 0 aliphatic rings. The first-order valence-corrected chi connectivity index (χ1v) is 7.04. The van der Waals surface area contributed by atoms with Gasteiger partial charge in [0.1, 0.15) is 11.7 Å². The van der Waals surface area contributed by atoms with Crippen LogP contribution in [0.25, 0.3) is 0 Å². The highest BCUT2D eigenvalue weighted by Gasteiger charge is 2.23. The van der Waals surface area contributed by atoms with Crippen molar-refractivity contribution in [3.05, 3.63) is 35.9 Å². The molecule has 0 fully saturated rings. The van der Waals surface area contributed by atoms with E-state index in [-0.39, 0.29) is 17.6 Å². The second-order valence-corrected chi connectivity index (χ2v) is 4.94. The number of carbonyl (C=O) groups is 2. The van der Waals surface area contributed by atoms with E-state index in [9.17, 15) is 9.59 Å². The number of hydrogen-bond donors (Lipinski definition) is 2. The lowest BCUT2D eigenvalue weighted by Crippen LogP contribution is -2.35. The van der Waals surface area contributed by atoms with E-state index in [1.54, 1.807) is 17.8 Å². The molecule has 2 unspecified atom stereocenters. The first kappa shape index (κ1) is 15.7. The highest BCUT2D eigenvalue weighted by molar-refractivity contribution is 5.87. The van der Waals surface area contributed by atoms with Crippen LogP contribution < -0.4 is 5.32 Å². The first-order valence-electron chi connectivity index (χ1n) is 7.04. The van der Waals surface area contributed by atoms with Crippen LogP contribution in [-0.4, -0.2) is 36.5 Å². The lowest BCUT2D eigenvalue weighted by molar-refractivity contribution is -0.124. The van der Waals surface area contributed by atoms with Gasteiger partial charge in [0.25, 0.3) is 0 Å². The third-order valence-corrected chi connectivity index (χ3v) is 3.49. The van der Waals surface area contributed by atoms with Gasteiger partial charge in [0, 0.05) is 18.9 Å². The summed E-state index contributed by atoms with van der Waals surface area (Å²) in [6.07, 6.45) is 3.05. The molecule has 118 valence electrons. The zero-order valence-corrected chi connectivity index (χ0v) is 12.7. The fourth-order valence-electron chi connectivity index (χ4n) is 2.29. The SMILES string of the molecule is CCn1nccc1C(C)NC(=O)C(C)n1nccc1C(=O)O. The smallest absolute Gasteiger partial charge is 0.354 e. The molecule has 2 aromatic rings. The Bertz CT molecular complexity index is 676. The van der Waals surface area contributed by atoms with Crippen LogP contribution in [0.15, 0.2) is 24.5 Å². The molecule has 2 heterocycles. The summed E-state index contributed by atoms with van der Waals surface area (Å²) >= 11 is 0. The zero-order valence-electron chi connectivity index (χ0n) is 12.7. The van der Waals surface area contributed by atoms with Crippen LogP contribution in [0.1, 0.15) is 49.0 Å². The van der Waals surface area contributed by atoms with Crippen molar-refractivity contribution in [2.24, 2.45) is 0 Å². The van der Waals surface area contributed by atoms with Crippen molar-refractivity contribution < 1.29 is 14.7 Å². The molecule has 8 nitrogen and oxygen atoms in total. The van der Waals surface area contributed by atoms with Gasteiger partial charge >= 0.3 is 5.97 Å². The average molecular weight is 305 g/mol. The predicted molar refractivity (Wildman–Crippen MR) is 78.4 cm³/mol. The number of hydrogen-bond acceptors (Lipinski definition) is 4. The fourth-order valence-corrected chi connectivity index (χ4v) is 2.29. The van der Waals surface area contributed by atoms with Gasteiger partial charge < -0.3 is 10.4 Å². The topological polar surface area (TPSA) is 102 Å². The molecule has 0 spiro atoms. The lowest BCUT2D eigenvalue weighted by atomic mass is 10.2. The number of aryl methyl sites for hydroxylation is 1. The monoisotopic (exact) mass is 305 g/mol. The molecule has 0 aliphatic heterocycles. The van der Waals surface area contributed by atoms with E-state index < -0.39 is 12.0 Å². The summed E-state index contributed by atoms with van der Waals surface area (Å²) in [5.41, 5.74) is 0.871. The Morgan fingerprint density at radius 2 is 1.95 bits per heavy atom. The third kappa shape index (κ3) is 3.00. The number of carboxylic acids is 1. The van der Waals surface area contributed by atoms with Crippen molar-refractivity contribution in [2.75, 3.05) is 0 Å². The van der Waals surface area contributed by atoms with Crippen LogP contribution >= 0.6 is 0 Å². The quantitative estimate of drug-likeness (QED) is 0.836. The minimum atomic E-state index is -1.12. The lowest BCUT2D eigenvalue weighted by Gasteiger charge is -2.19. The Hall–Kier alpha value is -2.64. The third-order valence-electron chi connectivity index (χ3n) is 3.49. The normalized spacial score (nSPS) is 13.6. The minimum absolute atomic E-state index is 0.0195. The highest BCUT2D eigenvalue weighted by atomic mass is 16.4. The Balaban J connectivity index is 2.11. The van der Waals surface area contributed by atoms with Gasteiger partial charge in [0.05, 0.1) is 11.7 Å². The van der Waals surface area contributed by atoms with Crippen molar-refractivity contribution in [1.82, 2.24) is 24.9 Å². The molecule has 22 heavy (non-hydrogen) atoms. The molecular formula is C14H19N5O3. The molecule has 0 saturated heterocycles. The van der Waals surface area contributed by atoms with Crippen LogP contribution in [0, 0.1) is 0 Å². The molecule has 0 aromatic carbocycles. The van der Waals surface area contributed by atoms with Gasteiger partial charge in [-0.05, 0) is 32.9 Å². The summed E-state index contributed by atoms with van der Waals surface area (Å²) in [5.74, 6) is -1.42. The number of aromatic carboxylic acids is 1. The van der Waals surface area contributed by atoms with Gasteiger partial charge in [-0.3, -0.25) is 9.48 Å². The van der Waals surface area contributed by atoms with Gasteiger partial charge in [-0.25, -0.2) is 9.48 Å². The van der Waals surface area contributed by atoms with Crippen LogP contribution in [0.5, 0.6) is 0 Å². The van der Waals surface area contributed by atoms with Crippen LogP contribution in [0.3, 0.4) is 0 Å². The average Bonchev–Trinajstić information content (AvgIpc) is 3.14. The Morgan fingerprint density at radius 3 is 2.59 bits per heavy atom. The second kappa shape index (κ2) is 6.42. The van der Waals surface area contributed by atoms with E-state index in [0.29, 0.717) is 6.54 Å². The van der Waals surface area contributed by atoms with Crippen molar-refractivity contribution in [1.29, 1.82) is 0 Å². The number of aromatic nitrogens is 4. The molecule has 8 heteroatoms. The highest BCUT2D eigenvalue weighted by Crippen LogP contribution is 2.15. The van der Waals surface area contributed by atoms with Crippen molar-refractivity contribution in [2.45, 2.75) is 39.4 Å². The number of nitrogens with zero attached hydrogens (tertiary/aromatic N) is 4. The molecule has 2 aromatic heterocycles. The van der Waals surface area contributed by atoms with E-state index in [4.69, 9.17) is 5.11 Å².